The van der Waals surface area contributed by atoms with Gasteiger partial charge in [0.1, 0.15) is 0 Å². The molecule has 2 N–H and O–H groups in total. The minimum atomic E-state index is -0.312. The van der Waals surface area contributed by atoms with Gasteiger partial charge < -0.3 is 10.5 Å². The quantitative estimate of drug-likeness (QED) is 0.923. The molecule has 1 fully saturated rings. The second kappa shape index (κ2) is 6.68. The van der Waals surface area contributed by atoms with Crippen LogP contribution in [0.3, 0.4) is 0 Å². The number of thioether (sulfide) groups is 2. The molecule has 2 atom stereocenters. The molecule has 1 aromatic rings. The van der Waals surface area contributed by atoms with E-state index in [9.17, 15) is 4.39 Å². The van der Waals surface area contributed by atoms with Crippen molar-refractivity contribution in [3.8, 4) is 5.75 Å². The van der Waals surface area contributed by atoms with Crippen LogP contribution in [0.4, 0.5) is 4.39 Å². The van der Waals surface area contributed by atoms with E-state index in [-0.39, 0.29) is 17.6 Å². The highest BCUT2D eigenvalue weighted by Gasteiger charge is 2.21. The minimum absolute atomic E-state index is 0.0931. The third kappa shape index (κ3) is 3.56. The molecular weight excluding hydrogens is 269 g/mol. The van der Waals surface area contributed by atoms with Crippen LogP contribution in [0, 0.1) is 5.82 Å². The summed E-state index contributed by atoms with van der Waals surface area (Å²) in [6.07, 6.45) is 0.721. The van der Waals surface area contributed by atoms with Crippen molar-refractivity contribution in [1.82, 2.24) is 0 Å². The third-order valence-electron chi connectivity index (χ3n) is 3.01. The highest BCUT2D eigenvalue weighted by atomic mass is 32.2. The number of hydrogen-bond acceptors (Lipinski definition) is 4. The first-order valence-electron chi connectivity index (χ1n) is 5.98. The number of halogens is 1. The summed E-state index contributed by atoms with van der Waals surface area (Å²) in [5.74, 6) is 3.46. The summed E-state index contributed by atoms with van der Waals surface area (Å²) in [6.45, 7) is 0. The lowest BCUT2D eigenvalue weighted by molar-refractivity contribution is 0.386. The number of hydrogen-bond donors (Lipinski definition) is 1. The SMILES string of the molecule is COc1ccc(CC(N)C2CSCCS2)cc1F. The van der Waals surface area contributed by atoms with E-state index in [1.165, 1.54) is 24.7 Å². The molecule has 1 saturated heterocycles. The van der Waals surface area contributed by atoms with Crippen LogP contribution in [0.25, 0.3) is 0 Å². The molecule has 2 rings (SSSR count). The van der Waals surface area contributed by atoms with Crippen molar-refractivity contribution < 1.29 is 9.13 Å². The zero-order valence-electron chi connectivity index (χ0n) is 10.4. The maximum atomic E-state index is 13.6. The van der Waals surface area contributed by atoms with Gasteiger partial charge in [0.25, 0.3) is 0 Å². The Morgan fingerprint density at radius 3 is 2.94 bits per heavy atom. The molecule has 0 aliphatic carbocycles. The van der Waals surface area contributed by atoms with Crippen molar-refractivity contribution in [3.05, 3.63) is 29.6 Å². The number of rotatable bonds is 4. The molecule has 5 heteroatoms. The van der Waals surface area contributed by atoms with Gasteiger partial charge in [0.15, 0.2) is 11.6 Å². The molecule has 0 bridgehead atoms. The summed E-state index contributed by atoms with van der Waals surface area (Å²) in [6, 6.07) is 5.18. The van der Waals surface area contributed by atoms with Crippen molar-refractivity contribution >= 4 is 23.5 Å². The van der Waals surface area contributed by atoms with Crippen molar-refractivity contribution in [2.75, 3.05) is 24.4 Å². The first kappa shape index (κ1) is 14.0. The van der Waals surface area contributed by atoms with Crippen LogP contribution >= 0.6 is 23.5 Å². The Bertz CT molecular complexity index is 397. The molecular formula is C13H18FNOS2. The first-order chi connectivity index (χ1) is 8.70. The van der Waals surface area contributed by atoms with Crippen molar-refractivity contribution in [2.24, 2.45) is 5.73 Å². The largest absolute Gasteiger partial charge is 0.494 e. The predicted octanol–water partition coefficient (Wildman–Crippen LogP) is 2.55. The van der Waals surface area contributed by atoms with E-state index in [0.29, 0.717) is 5.25 Å². The van der Waals surface area contributed by atoms with Gasteiger partial charge >= 0.3 is 0 Å². The Morgan fingerprint density at radius 2 is 2.33 bits per heavy atom. The van der Waals surface area contributed by atoms with Gasteiger partial charge in [-0.25, -0.2) is 4.39 Å². The lowest BCUT2D eigenvalue weighted by atomic mass is 10.0. The molecule has 1 aliphatic heterocycles. The lowest BCUT2D eigenvalue weighted by Gasteiger charge is -2.26. The molecule has 0 radical (unpaired) electrons. The zero-order valence-corrected chi connectivity index (χ0v) is 12.0. The van der Waals surface area contributed by atoms with Gasteiger partial charge in [-0.05, 0) is 24.1 Å². The highest BCUT2D eigenvalue weighted by Crippen LogP contribution is 2.27. The molecule has 1 aliphatic rings. The van der Waals surface area contributed by atoms with E-state index >= 15 is 0 Å². The number of benzene rings is 1. The Hall–Kier alpha value is -0.390. The van der Waals surface area contributed by atoms with Crippen LogP contribution in [0.2, 0.25) is 0 Å². The fourth-order valence-corrected chi connectivity index (χ4v) is 4.82. The van der Waals surface area contributed by atoms with E-state index < -0.39 is 0 Å². The fraction of sp³-hybridized carbons (Fsp3) is 0.538. The molecule has 0 aromatic heterocycles. The van der Waals surface area contributed by atoms with E-state index in [1.54, 1.807) is 6.07 Å². The Morgan fingerprint density at radius 1 is 1.50 bits per heavy atom. The summed E-state index contributed by atoms with van der Waals surface area (Å²) in [5, 5.41) is 0.480. The summed E-state index contributed by atoms with van der Waals surface area (Å²) >= 11 is 3.89. The predicted molar refractivity (Wildman–Crippen MR) is 78.2 cm³/mol. The number of nitrogens with two attached hydrogens (primary N) is 1. The monoisotopic (exact) mass is 287 g/mol. The molecule has 1 heterocycles. The first-order valence-corrected chi connectivity index (χ1v) is 8.18. The molecule has 100 valence electrons. The zero-order chi connectivity index (χ0) is 13.0. The Kier molecular flexibility index (Phi) is 5.21. The van der Waals surface area contributed by atoms with Gasteiger partial charge in [0, 0.05) is 28.6 Å². The van der Waals surface area contributed by atoms with Crippen molar-refractivity contribution in [2.45, 2.75) is 17.7 Å². The topological polar surface area (TPSA) is 35.2 Å². The third-order valence-corrected chi connectivity index (χ3v) is 5.95. The van der Waals surface area contributed by atoms with Crippen LogP contribution in [0.5, 0.6) is 5.75 Å². The van der Waals surface area contributed by atoms with Gasteiger partial charge in [-0.1, -0.05) is 6.07 Å². The minimum Gasteiger partial charge on any atom is -0.494 e. The molecule has 1 aromatic carbocycles. The summed E-state index contributed by atoms with van der Waals surface area (Å²) in [7, 11) is 1.47. The van der Waals surface area contributed by atoms with Gasteiger partial charge in [-0.3, -0.25) is 0 Å². The highest BCUT2D eigenvalue weighted by molar-refractivity contribution is 8.06. The Balaban J connectivity index is 1.97. The van der Waals surface area contributed by atoms with Gasteiger partial charge in [0.2, 0.25) is 0 Å². The van der Waals surface area contributed by atoms with Gasteiger partial charge in [0.05, 0.1) is 7.11 Å². The van der Waals surface area contributed by atoms with E-state index in [2.05, 4.69) is 0 Å². The van der Waals surface area contributed by atoms with Crippen LogP contribution in [-0.4, -0.2) is 35.7 Å². The molecule has 2 nitrogen and oxygen atoms in total. The molecule has 0 saturated carbocycles. The average Bonchev–Trinajstić information content (AvgIpc) is 2.40. The van der Waals surface area contributed by atoms with E-state index in [4.69, 9.17) is 10.5 Å². The van der Waals surface area contributed by atoms with Crippen molar-refractivity contribution in [3.63, 3.8) is 0 Å². The Labute approximate surface area is 116 Å². The standard InChI is InChI=1S/C13H18FNOS2/c1-16-12-3-2-9(6-10(12)14)7-11(15)13-8-17-4-5-18-13/h2-3,6,11,13H,4-5,7-8,15H2,1H3. The number of methoxy groups -OCH3 is 1. The van der Waals surface area contributed by atoms with Crippen LogP contribution in [0.1, 0.15) is 5.56 Å². The van der Waals surface area contributed by atoms with Crippen LogP contribution in [0.15, 0.2) is 18.2 Å². The fourth-order valence-electron chi connectivity index (χ4n) is 1.99. The summed E-state index contributed by atoms with van der Waals surface area (Å²) in [4.78, 5) is 0. The van der Waals surface area contributed by atoms with Crippen LogP contribution in [-0.2, 0) is 6.42 Å². The van der Waals surface area contributed by atoms with Crippen molar-refractivity contribution in [1.29, 1.82) is 0 Å². The second-order valence-corrected chi connectivity index (χ2v) is 6.82. The summed E-state index contributed by atoms with van der Waals surface area (Å²) < 4.78 is 18.5. The van der Waals surface area contributed by atoms with E-state index in [1.807, 2.05) is 29.6 Å². The molecule has 2 unspecified atom stereocenters. The maximum Gasteiger partial charge on any atom is 0.165 e. The molecule has 18 heavy (non-hydrogen) atoms. The van der Waals surface area contributed by atoms with E-state index in [0.717, 1.165) is 17.7 Å². The molecule has 0 amide bonds. The van der Waals surface area contributed by atoms with Crippen LogP contribution < -0.4 is 10.5 Å². The second-order valence-electron chi connectivity index (χ2n) is 4.32. The van der Waals surface area contributed by atoms with Gasteiger partial charge in [-0.2, -0.15) is 23.5 Å². The summed E-state index contributed by atoms with van der Waals surface area (Å²) in [5.41, 5.74) is 7.15. The normalized spacial score (nSPS) is 21.6. The molecule has 0 spiro atoms. The lowest BCUT2D eigenvalue weighted by Crippen LogP contribution is -2.38. The smallest absolute Gasteiger partial charge is 0.165 e. The maximum absolute atomic E-state index is 13.6. The average molecular weight is 287 g/mol. The van der Waals surface area contributed by atoms with Gasteiger partial charge in [-0.15, -0.1) is 0 Å². The number of ether oxygens (including phenoxy) is 1.